The van der Waals surface area contributed by atoms with Crippen LogP contribution in [-0.2, 0) is 0 Å². The topological polar surface area (TPSA) is 89.0 Å². The first-order valence-corrected chi connectivity index (χ1v) is 7.81. The fraction of sp³-hybridized carbons (Fsp3) is 0.211. The van der Waals surface area contributed by atoms with E-state index in [0.717, 1.165) is 16.7 Å². The molecule has 0 radical (unpaired) electrons. The SMILES string of the molecule is COc1ccc(-c2conc2-c2cc(OC)c(OC)c(OC)c2)cc1N. The van der Waals surface area contributed by atoms with Crippen molar-refractivity contribution in [3.8, 4) is 45.4 Å². The molecule has 0 aliphatic rings. The van der Waals surface area contributed by atoms with E-state index in [-0.39, 0.29) is 0 Å². The molecular weight excluding hydrogens is 336 g/mol. The molecule has 136 valence electrons. The van der Waals surface area contributed by atoms with Crippen LogP contribution in [0.15, 0.2) is 41.1 Å². The molecule has 2 aromatic carbocycles. The Morgan fingerprint density at radius 3 is 2.00 bits per heavy atom. The predicted octanol–water partition coefficient (Wildman–Crippen LogP) is 3.63. The van der Waals surface area contributed by atoms with Gasteiger partial charge in [-0.05, 0) is 29.8 Å². The van der Waals surface area contributed by atoms with E-state index in [4.69, 9.17) is 29.2 Å². The van der Waals surface area contributed by atoms with E-state index in [1.807, 2.05) is 24.3 Å². The fourth-order valence-corrected chi connectivity index (χ4v) is 2.77. The van der Waals surface area contributed by atoms with Crippen LogP contribution in [0, 0.1) is 0 Å². The van der Waals surface area contributed by atoms with Crippen LogP contribution >= 0.6 is 0 Å². The summed E-state index contributed by atoms with van der Waals surface area (Å²) in [5, 5.41) is 4.14. The summed E-state index contributed by atoms with van der Waals surface area (Å²) in [6, 6.07) is 9.14. The van der Waals surface area contributed by atoms with Gasteiger partial charge >= 0.3 is 0 Å². The lowest BCUT2D eigenvalue weighted by Crippen LogP contribution is -1.96. The summed E-state index contributed by atoms with van der Waals surface area (Å²) in [4.78, 5) is 0. The minimum absolute atomic E-state index is 0.512. The lowest BCUT2D eigenvalue weighted by atomic mass is 10.0. The van der Waals surface area contributed by atoms with Crippen LogP contribution in [0.5, 0.6) is 23.0 Å². The summed E-state index contributed by atoms with van der Waals surface area (Å²) >= 11 is 0. The maximum atomic E-state index is 6.02. The van der Waals surface area contributed by atoms with Crippen molar-refractivity contribution in [3.05, 3.63) is 36.6 Å². The van der Waals surface area contributed by atoms with Crippen molar-refractivity contribution in [1.82, 2.24) is 5.16 Å². The van der Waals surface area contributed by atoms with Crippen molar-refractivity contribution in [1.29, 1.82) is 0 Å². The molecule has 7 heteroatoms. The number of ether oxygens (including phenoxy) is 4. The Bertz CT molecular complexity index is 895. The van der Waals surface area contributed by atoms with Crippen molar-refractivity contribution >= 4 is 5.69 Å². The Morgan fingerprint density at radius 2 is 1.46 bits per heavy atom. The van der Waals surface area contributed by atoms with E-state index in [0.29, 0.717) is 34.4 Å². The van der Waals surface area contributed by atoms with Gasteiger partial charge in [-0.1, -0.05) is 11.2 Å². The molecule has 0 spiro atoms. The highest BCUT2D eigenvalue weighted by molar-refractivity contribution is 5.83. The van der Waals surface area contributed by atoms with Crippen molar-refractivity contribution in [3.63, 3.8) is 0 Å². The highest BCUT2D eigenvalue weighted by Crippen LogP contribution is 2.43. The molecule has 1 heterocycles. The standard InChI is InChI=1S/C19H20N2O5/c1-22-15-6-5-11(7-14(15)20)13-10-26-21-18(13)12-8-16(23-2)19(25-4)17(9-12)24-3/h5-10H,20H2,1-4H3. The molecule has 7 nitrogen and oxygen atoms in total. The van der Waals surface area contributed by atoms with Gasteiger partial charge in [0.15, 0.2) is 11.5 Å². The summed E-state index contributed by atoms with van der Waals surface area (Å²) in [6.07, 6.45) is 1.57. The van der Waals surface area contributed by atoms with E-state index < -0.39 is 0 Å². The smallest absolute Gasteiger partial charge is 0.203 e. The third kappa shape index (κ3) is 2.99. The Morgan fingerprint density at radius 1 is 0.808 bits per heavy atom. The van der Waals surface area contributed by atoms with Gasteiger partial charge < -0.3 is 29.2 Å². The maximum absolute atomic E-state index is 6.02. The first kappa shape index (κ1) is 17.5. The number of nitrogens with two attached hydrogens (primary N) is 1. The van der Waals surface area contributed by atoms with Crippen LogP contribution in [0.4, 0.5) is 5.69 Å². The lowest BCUT2D eigenvalue weighted by molar-refractivity contribution is 0.324. The predicted molar refractivity (Wildman–Crippen MR) is 98.0 cm³/mol. The van der Waals surface area contributed by atoms with Crippen LogP contribution in [0.25, 0.3) is 22.4 Å². The van der Waals surface area contributed by atoms with Gasteiger partial charge in [-0.25, -0.2) is 0 Å². The van der Waals surface area contributed by atoms with Crippen LogP contribution in [0.3, 0.4) is 0 Å². The molecule has 0 bridgehead atoms. The Kier molecular flexibility index (Phi) is 4.88. The second kappa shape index (κ2) is 7.26. The van der Waals surface area contributed by atoms with Gasteiger partial charge in [-0.3, -0.25) is 0 Å². The molecule has 26 heavy (non-hydrogen) atoms. The molecule has 1 aromatic heterocycles. The van der Waals surface area contributed by atoms with Gasteiger partial charge in [0.05, 0.1) is 34.1 Å². The average Bonchev–Trinajstić information content (AvgIpc) is 3.16. The molecule has 0 atom stereocenters. The second-order valence-electron chi connectivity index (χ2n) is 5.45. The molecule has 0 aliphatic heterocycles. The van der Waals surface area contributed by atoms with E-state index in [2.05, 4.69) is 5.16 Å². The number of rotatable bonds is 6. The first-order chi connectivity index (χ1) is 12.6. The van der Waals surface area contributed by atoms with E-state index >= 15 is 0 Å². The number of aromatic nitrogens is 1. The quantitative estimate of drug-likeness (QED) is 0.675. The van der Waals surface area contributed by atoms with Crippen molar-refractivity contribution in [2.75, 3.05) is 34.2 Å². The molecule has 2 N–H and O–H groups in total. The summed E-state index contributed by atoms with van der Waals surface area (Å²) in [5.41, 5.74) is 9.59. The zero-order valence-corrected chi connectivity index (χ0v) is 15.0. The Labute approximate surface area is 151 Å². The highest BCUT2D eigenvalue weighted by Gasteiger charge is 2.19. The van der Waals surface area contributed by atoms with Gasteiger partial charge in [0, 0.05) is 11.1 Å². The summed E-state index contributed by atoms with van der Waals surface area (Å²) in [7, 11) is 6.26. The molecular formula is C19H20N2O5. The van der Waals surface area contributed by atoms with Crippen LogP contribution in [0.1, 0.15) is 0 Å². The number of benzene rings is 2. The average molecular weight is 356 g/mol. The zero-order valence-electron chi connectivity index (χ0n) is 15.0. The van der Waals surface area contributed by atoms with E-state index in [1.54, 1.807) is 40.8 Å². The summed E-state index contributed by atoms with van der Waals surface area (Å²) in [6.45, 7) is 0. The Balaban J connectivity index is 2.13. The molecule has 3 rings (SSSR count). The number of hydrogen-bond donors (Lipinski definition) is 1. The third-order valence-electron chi connectivity index (χ3n) is 4.05. The molecule has 0 aliphatic carbocycles. The van der Waals surface area contributed by atoms with E-state index in [1.165, 1.54) is 0 Å². The van der Waals surface area contributed by atoms with Crippen molar-refractivity contribution in [2.24, 2.45) is 0 Å². The molecule has 0 unspecified atom stereocenters. The van der Waals surface area contributed by atoms with Crippen LogP contribution in [0.2, 0.25) is 0 Å². The number of hydrogen-bond acceptors (Lipinski definition) is 7. The van der Waals surface area contributed by atoms with Gasteiger partial charge in [0.1, 0.15) is 17.7 Å². The lowest BCUT2D eigenvalue weighted by Gasteiger charge is -2.14. The normalized spacial score (nSPS) is 10.5. The molecule has 3 aromatic rings. The first-order valence-electron chi connectivity index (χ1n) is 7.81. The summed E-state index contributed by atoms with van der Waals surface area (Å²) < 4.78 is 26.6. The molecule has 0 saturated heterocycles. The molecule has 0 amide bonds. The largest absolute Gasteiger partial charge is 0.495 e. The van der Waals surface area contributed by atoms with Gasteiger partial charge in [-0.2, -0.15) is 0 Å². The van der Waals surface area contributed by atoms with Gasteiger partial charge in [0.25, 0.3) is 0 Å². The van der Waals surface area contributed by atoms with Crippen LogP contribution < -0.4 is 24.7 Å². The monoisotopic (exact) mass is 356 g/mol. The molecule has 0 fully saturated rings. The zero-order chi connectivity index (χ0) is 18.7. The maximum Gasteiger partial charge on any atom is 0.203 e. The summed E-state index contributed by atoms with van der Waals surface area (Å²) in [5.74, 6) is 2.19. The van der Waals surface area contributed by atoms with Crippen molar-refractivity contribution < 1.29 is 23.5 Å². The third-order valence-corrected chi connectivity index (χ3v) is 4.05. The number of methoxy groups -OCH3 is 4. The number of nitrogen functional groups attached to an aromatic ring is 1. The van der Waals surface area contributed by atoms with Gasteiger partial charge in [0.2, 0.25) is 5.75 Å². The van der Waals surface area contributed by atoms with Crippen LogP contribution in [-0.4, -0.2) is 33.6 Å². The fourth-order valence-electron chi connectivity index (χ4n) is 2.77. The highest BCUT2D eigenvalue weighted by atomic mass is 16.5. The number of anilines is 1. The Hall–Kier alpha value is -3.35. The second-order valence-corrected chi connectivity index (χ2v) is 5.45. The van der Waals surface area contributed by atoms with E-state index in [9.17, 15) is 0 Å². The van der Waals surface area contributed by atoms with Crippen molar-refractivity contribution in [2.45, 2.75) is 0 Å². The van der Waals surface area contributed by atoms with Gasteiger partial charge in [-0.15, -0.1) is 0 Å². The minimum Gasteiger partial charge on any atom is -0.495 e. The number of nitrogens with zero attached hydrogens (tertiary/aromatic N) is 1. The minimum atomic E-state index is 0.512. The molecule has 0 saturated carbocycles.